The highest BCUT2D eigenvalue weighted by atomic mass is 16.6. The van der Waals surface area contributed by atoms with E-state index >= 15 is 0 Å². The van der Waals surface area contributed by atoms with Crippen LogP contribution in [0.5, 0.6) is 0 Å². The number of para-hydroxylation sites is 1. The van der Waals surface area contributed by atoms with Gasteiger partial charge >= 0.3 is 0 Å². The number of nitrogens with zero attached hydrogens (tertiary/aromatic N) is 2. The number of hydrogen-bond donors (Lipinski definition) is 0. The van der Waals surface area contributed by atoms with Crippen LogP contribution < -0.4 is 0 Å². The summed E-state index contributed by atoms with van der Waals surface area (Å²) in [5.74, 6) is -0.393. The van der Waals surface area contributed by atoms with E-state index in [2.05, 4.69) is 13.2 Å². The molecule has 1 aromatic rings. The zero-order chi connectivity index (χ0) is 14.4. The van der Waals surface area contributed by atoms with Gasteiger partial charge in [-0.05, 0) is 13.0 Å². The molecule has 0 saturated heterocycles. The van der Waals surface area contributed by atoms with Crippen LogP contribution in [0.3, 0.4) is 0 Å². The van der Waals surface area contributed by atoms with E-state index in [9.17, 15) is 14.9 Å². The SMILES string of the molecule is C=CCN(CC=C)C(=O)c1cccc(C)c1[N+](=O)[O-]. The molecule has 0 bridgehead atoms. The normalized spacial score (nSPS) is 9.74. The standard InChI is InChI=1S/C14H16N2O3/c1-4-9-15(10-5-2)14(17)12-8-6-7-11(3)13(12)16(18)19/h4-8H,1-2,9-10H2,3H3. The second kappa shape index (κ2) is 6.49. The molecule has 1 rings (SSSR count). The molecule has 5 heteroatoms. The molecule has 19 heavy (non-hydrogen) atoms. The largest absolute Gasteiger partial charge is 0.331 e. The van der Waals surface area contributed by atoms with Gasteiger partial charge in [-0.25, -0.2) is 0 Å². The molecule has 0 aliphatic heterocycles. The summed E-state index contributed by atoms with van der Waals surface area (Å²) in [6, 6.07) is 4.71. The second-order valence-corrected chi connectivity index (χ2v) is 4.02. The van der Waals surface area contributed by atoms with Gasteiger partial charge in [-0.2, -0.15) is 0 Å². The molecule has 0 aromatic heterocycles. The van der Waals surface area contributed by atoms with Crippen molar-refractivity contribution in [2.45, 2.75) is 6.92 Å². The molecule has 5 nitrogen and oxygen atoms in total. The van der Waals surface area contributed by atoms with Gasteiger partial charge in [-0.15, -0.1) is 13.2 Å². The topological polar surface area (TPSA) is 63.5 Å². The number of rotatable bonds is 6. The van der Waals surface area contributed by atoms with E-state index in [0.717, 1.165) is 0 Å². The highest BCUT2D eigenvalue weighted by molar-refractivity contribution is 5.98. The van der Waals surface area contributed by atoms with Crippen molar-refractivity contribution in [3.63, 3.8) is 0 Å². The van der Waals surface area contributed by atoms with Crippen LogP contribution in [-0.2, 0) is 0 Å². The summed E-state index contributed by atoms with van der Waals surface area (Å²) in [6.45, 7) is 9.39. The minimum absolute atomic E-state index is 0.0914. The van der Waals surface area contributed by atoms with Crippen LogP contribution in [0.4, 0.5) is 5.69 Å². The van der Waals surface area contributed by atoms with E-state index < -0.39 is 10.8 Å². The van der Waals surface area contributed by atoms with Crippen LogP contribution in [-0.4, -0.2) is 28.8 Å². The van der Waals surface area contributed by atoms with Crippen LogP contribution in [0.1, 0.15) is 15.9 Å². The molecule has 0 unspecified atom stereocenters. The molecule has 0 aliphatic rings. The van der Waals surface area contributed by atoms with Crippen LogP contribution in [0, 0.1) is 17.0 Å². The van der Waals surface area contributed by atoms with Crippen molar-refractivity contribution >= 4 is 11.6 Å². The molecule has 0 atom stereocenters. The van der Waals surface area contributed by atoms with Crippen molar-refractivity contribution in [1.29, 1.82) is 0 Å². The first-order valence-corrected chi connectivity index (χ1v) is 5.78. The summed E-state index contributed by atoms with van der Waals surface area (Å²) < 4.78 is 0. The lowest BCUT2D eigenvalue weighted by atomic mass is 10.1. The Bertz CT molecular complexity index is 513. The van der Waals surface area contributed by atoms with E-state index in [1.807, 2.05) is 0 Å². The molecule has 0 heterocycles. The molecule has 0 saturated carbocycles. The number of nitro benzene ring substituents is 1. The Morgan fingerprint density at radius 1 is 1.37 bits per heavy atom. The van der Waals surface area contributed by atoms with Gasteiger partial charge in [-0.1, -0.05) is 24.3 Å². The molecule has 0 radical (unpaired) electrons. The molecule has 1 aromatic carbocycles. The zero-order valence-electron chi connectivity index (χ0n) is 10.8. The minimum atomic E-state index is -0.525. The number of aryl methyl sites for hydroxylation is 1. The molecular formula is C14H16N2O3. The predicted molar refractivity (Wildman–Crippen MR) is 74.1 cm³/mol. The van der Waals surface area contributed by atoms with Crippen molar-refractivity contribution in [3.8, 4) is 0 Å². The van der Waals surface area contributed by atoms with Crippen molar-refractivity contribution < 1.29 is 9.72 Å². The van der Waals surface area contributed by atoms with E-state index in [1.54, 1.807) is 31.2 Å². The maximum Gasteiger partial charge on any atom is 0.285 e. The fourth-order valence-electron chi connectivity index (χ4n) is 1.80. The average molecular weight is 260 g/mol. The quantitative estimate of drug-likeness (QED) is 0.449. The maximum atomic E-state index is 12.3. The van der Waals surface area contributed by atoms with Crippen molar-refractivity contribution in [3.05, 3.63) is 64.8 Å². The zero-order valence-corrected chi connectivity index (χ0v) is 10.8. The number of nitro groups is 1. The Morgan fingerprint density at radius 2 is 1.95 bits per heavy atom. The van der Waals surface area contributed by atoms with Gasteiger partial charge in [0.25, 0.3) is 11.6 Å². The fourth-order valence-corrected chi connectivity index (χ4v) is 1.80. The summed E-state index contributed by atoms with van der Waals surface area (Å²) in [5.41, 5.74) is 0.410. The van der Waals surface area contributed by atoms with Gasteiger partial charge in [0.1, 0.15) is 5.56 Å². The number of amides is 1. The highest BCUT2D eigenvalue weighted by Gasteiger charge is 2.25. The molecule has 0 aliphatic carbocycles. The monoisotopic (exact) mass is 260 g/mol. The first kappa shape index (κ1) is 14.6. The summed E-state index contributed by atoms with van der Waals surface area (Å²) in [6.07, 6.45) is 3.14. The Labute approximate surface area is 112 Å². The Kier molecular flexibility index (Phi) is 5.00. The Hall–Kier alpha value is -2.43. The first-order chi connectivity index (χ1) is 9.02. The minimum Gasteiger partial charge on any atom is -0.331 e. The van der Waals surface area contributed by atoms with Crippen molar-refractivity contribution in [1.82, 2.24) is 4.90 Å². The van der Waals surface area contributed by atoms with Crippen molar-refractivity contribution in [2.75, 3.05) is 13.1 Å². The lowest BCUT2D eigenvalue weighted by molar-refractivity contribution is -0.385. The van der Waals surface area contributed by atoms with Gasteiger partial charge in [0.2, 0.25) is 0 Å². The third-order valence-electron chi connectivity index (χ3n) is 2.64. The molecule has 1 amide bonds. The molecule has 0 N–H and O–H groups in total. The average Bonchev–Trinajstić information content (AvgIpc) is 2.37. The number of hydrogen-bond acceptors (Lipinski definition) is 3. The van der Waals surface area contributed by atoms with Crippen LogP contribution in [0.15, 0.2) is 43.5 Å². The van der Waals surface area contributed by atoms with Gasteiger partial charge in [0, 0.05) is 18.7 Å². The van der Waals surface area contributed by atoms with Gasteiger partial charge in [0.05, 0.1) is 4.92 Å². The van der Waals surface area contributed by atoms with Gasteiger partial charge in [0.15, 0.2) is 0 Å². The predicted octanol–water partition coefficient (Wildman–Crippen LogP) is 2.72. The van der Waals surface area contributed by atoms with E-state index in [0.29, 0.717) is 18.7 Å². The maximum absolute atomic E-state index is 12.3. The second-order valence-electron chi connectivity index (χ2n) is 4.02. The summed E-state index contributed by atoms with van der Waals surface area (Å²) in [7, 11) is 0. The fraction of sp³-hybridized carbons (Fsp3) is 0.214. The summed E-state index contributed by atoms with van der Waals surface area (Å²) >= 11 is 0. The van der Waals surface area contributed by atoms with E-state index in [4.69, 9.17) is 0 Å². The smallest absolute Gasteiger partial charge is 0.285 e. The van der Waals surface area contributed by atoms with Crippen LogP contribution in [0.25, 0.3) is 0 Å². The Balaban J connectivity index is 3.24. The van der Waals surface area contributed by atoms with Gasteiger partial charge < -0.3 is 4.90 Å². The third kappa shape index (κ3) is 3.28. The van der Waals surface area contributed by atoms with Crippen LogP contribution in [0.2, 0.25) is 0 Å². The molecule has 100 valence electrons. The number of carbonyl (C=O) groups is 1. The first-order valence-electron chi connectivity index (χ1n) is 5.78. The lowest BCUT2D eigenvalue weighted by Crippen LogP contribution is -2.31. The highest BCUT2D eigenvalue weighted by Crippen LogP contribution is 2.24. The third-order valence-corrected chi connectivity index (χ3v) is 2.64. The van der Waals surface area contributed by atoms with E-state index in [-0.39, 0.29) is 11.3 Å². The number of benzene rings is 1. The summed E-state index contributed by atoms with van der Waals surface area (Å²) in [5, 5.41) is 11.1. The van der Waals surface area contributed by atoms with Crippen molar-refractivity contribution in [2.24, 2.45) is 0 Å². The molecular weight excluding hydrogens is 244 g/mol. The van der Waals surface area contributed by atoms with E-state index in [1.165, 1.54) is 11.0 Å². The molecule has 0 spiro atoms. The molecule has 0 fully saturated rings. The van der Waals surface area contributed by atoms with Gasteiger partial charge in [-0.3, -0.25) is 14.9 Å². The summed E-state index contributed by atoms with van der Waals surface area (Å²) in [4.78, 5) is 24.3. The Morgan fingerprint density at radius 3 is 2.42 bits per heavy atom. The van der Waals surface area contributed by atoms with Crippen LogP contribution >= 0.6 is 0 Å². The lowest BCUT2D eigenvalue weighted by Gasteiger charge is -2.19. The number of carbonyl (C=O) groups excluding carboxylic acids is 1.